The van der Waals surface area contributed by atoms with E-state index in [0.717, 1.165) is 3.57 Å². The van der Waals surface area contributed by atoms with E-state index in [-0.39, 0.29) is 13.0 Å². The van der Waals surface area contributed by atoms with E-state index in [1.807, 2.05) is 22.6 Å². The predicted molar refractivity (Wildman–Crippen MR) is 58.5 cm³/mol. The van der Waals surface area contributed by atoms with Gasteiger partial charge in [-0.3, -0.25) is 0 Å². The Morgan fingerprint density at radius 3 is 2.73 bits per heavy atom. The average molecular weight is 331 g/mol. The molecule has 0 atom stereocenters. The number of anilines is 1. The van der Waals surface area contributed by atoms with Crippen LogP contribution in [-0.2, 0) is 0 Å². The summed E-state index contributed by atoms with van der Waals surface area (Å²) in [6, 6.07) is 0. The lowest BCUT2D eigenvalue weighted by Gasteiger charge is -2.08. The fourth-order valence-corrected chi connectivity index (χ4v) is 1.43. The van der Waals surface area contributed by atoms with Gasteiger partial charge in [-0.25, -0.2) is 9.97 Å². The zero-order valence-electron chi connectivity index (χ0n) is 7.68. The van der Waals surface area contributed by atoms with Crippen molar-refractivity contribution in [1.82, 2.24) is 9.97 Å². The molecule has 0 amide bonds. The summed E-state index contributed by atoms with van der Waals surface area (Å²) in [5, 5.41) is 2.83. The van der Waals surface area contributed by atoms with Crippen LogP contribution >= 0.6 is 22.6 Å². The Hall–Kier alpha value is -0.600. The summed E-state index contributed by atoms with van der Waals surface area (Å²) in [7, 11) is 0. The van der Waals surface area contributed by atoms with Crippen molar-refractivity contribution in [2.24, 2.45) is 0 Å². The Kier molecular flexibility index (Phi) is 4.55. The number of hydrogen-bond donors (Lipinski definition) is 1. The molecule has 0 unspecified atom stereocenters. The van der Waals surface area contributed by atoms with Gasteiger partial charge in [-0.1, -0.05) is 0 Å². The third-order valence-corrected chi connectivity index (χ3v) is 2.39. The molecule has 0 radical (unpaired) electrons. The van der Waals surface area contributed by atoms with E-state index in [1.165, 1.54) is 6.33 Å². The zero-order valence-corrected chi connectivity index (χ0v) is 9.84. The fraction of sp³-hybridized carbons (Fsp3) is 0.500. The summed E-state index contributed by atoms with van der Waals surface area (Å²) in [6.07, 6.45) is -1.86. The Morgan fingerprint density at radius 1 is 1.40 bits per heavy atom. The van der Waals surface area contributed by atoms with Gasteiger partial charge in [0.2, 0.25) is 0 Å². The molecule has 0 aliphatic rings. The van der Waals surface area contributed by atoms with E-state index in [9.17, 15) is 13.2 Å². The largest absolute Gasteiger partial charge is 0.389 e. The standard InChI is InChI=1S/C8H9F3IN3/c9-8(10,11)2-1-3-14-7-6(12)4-13-5-15-7/h4-5H,1-3H2,(H,13,14,15). The summed E-state index contributed by atoms with van der Waals surface area (Å²) in [4.78, 5) is 7.68. The molecule has 0 saturated heterocycles. The molecule has 0 fully saturated rings. The van der Waals surface area contributed by atoms with Crippen molar-refractivity contribution in [3.63, 3.8) is 0 Å². The number of aromatic nitrogens is 2. The quantitative estimate of drug-likeness (QED) is 0.681. The number of alkyl halides is 3. The molecule has 0 aliphatic carbocycles. The van der Waals surface area contributed by atoms with Crippen molar-refractivity contribution in [1.29, 1.82) is 0 Å². The molecule has 1 N–H and O–H groups in total. The molecule has 1 aromatic heterocycles. The molecule has 84 valence electrons. The van der Waals surface area contributed by atoms with E-state index in [4.69, 9.17) is 0 Å². The lowest BCUT2D eigenvalue weighted by atomic mass is 10.3. The van der Waals surface area contributed by atoms with Crippen LogP contribution in [-0.4, -0.2) is 22.7 Å². The first-order chi connectivity index (χ1) is 6.99. The summed E-state index contributed by atoms with van der Waals surface area (Å²) >= 11 is 2.02. The number of nitrogens with zero attached hydrogens (tertiary/aromatic N) is 2. The molecule has 0 bridgehead atoms. The Morgan fingerprint density at radius 2 is 2.13 bits per heavy atom. The molecule has 0 saturated carbocycles. The highest BCUT2D eigenvalue weighted by Crippen LogP contribution is 2.21. The van der Waals surface area contributed by atoms with Gasteiger partial charge in [-0.2, -0.15) is 13.2 Å². The van der Waals surface area contributed by atoms with Crippen molar-refractivity contribution >= 4 is 28.4 Å². The van der Waals surface area contributed by atoms with Crippen molar-refractivity contribution in [3.05, 3.63) is 16.1 Å². The number of halogens is 4. The average Bonchev–Trinajstić information content (AvgIpc) is 2.13. The maximum atomic E-state index is 11.8. The highest BCUT2D eigenvalue weighted by molar-refractivity contribution is 14.1. The Bertz CT molecular complexity index is 316. The molecule has 1 heterocycles. The van der Waals surface area contributed by atoms with Crippen molar-refractivity contribution < 1.29 is 13.2 Å². The summed E-state index contributed by atoms with van der Waals surface area (Å²) < 4.78 is 36.2. The van der Waals surface area contributed by atoms with E-state index in [1.54, 1.807) is 6.20 Å². The second-order valence-corrected chi connectivity index (χ2v) is 4.03. The lowest BCUT2D eigenvalue weighted by molar-refractivity contribution is -0.134. The Labute approximate surface area is 98.6 Å². The van der Waals surface area contributed by atoms with Crippen molar-refractivity contribution in [2.45, 2.75) is 19.0 Å². The smallest absolute Gasteiger partial charge is 0.369 e. The normalized spacial score (nSPS) is 11.5. The first kappa shape index (κ1) is 12.5. The van der Waals surface area contributed by atoms with Crippen molar-refractivity contribution in [3.8, 4) is 0 Å². The zero-order chi connectivity index (χ0) is 11.3. The van der Waals surface area contributed by atoms with Gasteiger partial charge in [-0.15, -0.1) is 0 Å². The molecular weight excluding hydrogens is 322 g/mol. The molecule has 15 heavy (non-hydrogen) atoms. The van der Waals surface area contributed by atoms with Gasteiger partial charge in [0.05, 0.1) is 3.57 Å². The predicted octanol–water partition coefficient (Wildman–Crippen LogP) is 2.84. The third-order valence-electron chi connectivity index (χ3n) is 1.60. The van der Waals surface area contributed by atoms with E-state index in [0.29, 0.717) is 5.82 Å². The van der Waals surface area contributed by atoms with Gasteiger partial charge in [-0.05, 0) is 29.0 Å². The van der Waals surface area contributed by atoms with Crippen molar-refractivity contribution in [2.75, 3.05) is 11.9 Å². The topological polar surface area (TPSA) is 37.8 Å². The summed E-state index contributed by atoms with van der Waals surface area (Å²) in [5.74, 6) is 0.577. The highest BCUT2D eigenvalue weighted by atomic mass is 127. The summed E-state index contributed by atoms with van der Waals surface area (Å²) in [6.45, 7) is 0.256. The maximum absolute atomic E-state index is 11.8. The second kappa shape index (κ2) is 5.47. The van der Waals surface area contributed by atoms with Gasteiger partial charge in [0.15, 0.2) is 0 Å². The van der Waals surface area contributed by atoms with Gasteiger partial charge in [0.25, 0.3) is 0 Å². The molecule has 7 heteroatoms. The maximum Gasteiger partial charge on any atom is 0.389 e. The van der Waals surface area contributed by atoms with Crippen LogP contribution in [0.3, 0.4) is 0 Å². The van der Waals surface area contributed by atoms with Crippen LogP contribution in [0.15, 0.2) is 12.5 Å². The molecule has 3 nitrogen and oxygen atoms in total. The minimum absolute atomic E-state index is 0.0452. The van der Waals surface area contributed by atoms with E-state index < -0.39 is 12.6 Å². The second-order valence-electron chi connectivity index (χ2n) is 2.86. The molecule has 1 aromatic rings. The number of hydrogen-bond acceptors (Lipinski definition) is 3. The van der Waals surface area contributed by atoms with Crippen LogP contribution in [0.4, 0.5) is 19.0 Å². The van der Waals surface area contributed by atoms with Gasteiger partial charge >= 0.3 is 6.18 Å². The van der Waals surface area contributed by atoms with Crippen LogP contribution < -0.4 is 5.32 Å². The molecule has 0 aromatic carbocycles. The number of rotatable bonds is 4. The first-order valence-electron chi connectivity index (χ1n) is 4.25. The fourth-order valence-electron chi connectivity index (χ4n) is 0.938. The molecule has 0 spiro atoms. The highest BCUT2D eigenvalue weighted by Gasteiger charge is 2.25. The van der Waals surface area contributed by atoms with Crippen LogP contribution in [0.2, 0.25) is 0 Å². The molecular formula is C8H9F3IN3. The van der Waals surface area contributed by atoms with Gasteiger partial charge < -0.3 is 5.32 Å². The first-order valence-corrected chi connectivity index (χ1v) is 5.33. The van der Waals surface area contributed by atoms with Crippen LogP contribution in [0.5, 0.6) is 0 Å². The van der Waals surface area contributed by atoms with Crippen LogP contribution in [0.1, 0.15) is 12.8 Å². The van der Waals surface area contributed by atoms with Crippen LogP contribution in [0.25, 0.3) is 0 Å². The van der Waals surface area contributed by atoms with Crippen LogP contribution in [0, 0.1) is 3.57 Å². The lowest BCUT2D eigenvalue weighted by Crippen LogP contribution is -2.12. The van der Waals surface area contributed by atoms with E-state index in [2.05, 4.69) is 15.3 Å². The third kappa shape index (κ3) is 5.14. The molecule has 0 aliphatic heterocycles. The van der Waals surface area contributed by atoms with E-state index >= 15 is 0 Å². The Balaban J connectivity index is 2.30. The monoisotopic (exact) mass is 331 g/mol. The minimum Gasteiger partial charge on any atom is -0.369 e. The SMILES string of the molecule is FC(F)(F)CCCNc1ncncc1I. The van der Waals surface area contributed by atoms with Gasteiger partial charge in [0.1, 0.15) is 12.1 Å². The van der Waals surface area contributed by atoms with Gasteiger partial charge in [0, 0.05) is 19.2 Å². The summed E-state index contributed by atoms with van der Waals surface area (Å²) in [5.41, 5.74) is 0. The minimum atomic E-state index is -4.08. The molecule has 1 rings (SSSR count). The number of nitrogens with one attached hydrogen (secondary N) is 1.